The first-order valence-corrected chi connectivity index (χ1v) is 9.28. The average Bonchev–Trinajstić information content (AvgIpc) is 2.49. The molecule has 5 heteroatoms. The van der Waals surface area contributed by atoms with Crippen LogP contribution in [-0.2, 0) is 10.0 Å². The van der Waals surface area contributed by atoms with Crippen LogP contribution in [0.1, 0.15) is 57.6 Å². The first kappa shape index (κ1) is 16.5. The van der Waals surface area contributed by atoms with Crippen molar-refractivity contribution in [3.8, 4) is 0 Å². The van der Waals surface area contributed by atoms with Crippen molar-refractivity contribution in [2.45, 2.75) is 62.9 Å². The van der Waals surface area contributed by atoms with Gasteiger partial charge in [-0.05, 0) is 37.5 Å². The van der Waals surface area contributed by atoms with E-state index in [0.717, 1.165) is 31.2 Å². The van der Waals surface area contributed by atoms with Crippen LogP contribution in [-0.4, -0.2) is 25.3 Å². The van der Waals surface area contributed by atoms with Crippen LogP contribution in [0.5, 0.6) is 0 Å². The summed E-state index contributed by atoms with van der Waals surface area (Å²) in [6, 6.07) is 7.06. The molecule has 0 radical (unpaired) electrons. The zero-order valence-corrected chi connectivity index (χ0v) is 13.8. The number of benzene rings is 1. The SMILES string of the molecule is CCN(C1CCCCC1)S(=O)(=O)c1ccc(C(C)N)cc1. The Morgan fingerprint density at radius 1 is 1.19 bits per heavy atom. The minimum absolute atomic E-state index is 0.0811. The van der Waals surface area contributed by atoms with Crippen molar-refractivity contribution in [3.63, 3.8) is 0 Å². The molecule has 1 aromatic rings. The van der Waals surface area contributed by atoms with Gasteiger partial charge in [-0.15, -0.1) is 0 Å². The third-order valence-corrected chi connectivity index (χ3v) is 6.35. The second-order valence-corrected chi connectivity index (χ2v) is 7.75. The molecule has 21 heavy (non-hydrogen) atoms. The van der Waals surface area contributed by atoms with E-state index < -0.39 is 10.0 Å². The minimum Gasteiger partial charge on any atom is -0.324 e. The second-order valence-electron chi connectivity index (χ2n) is 5.86. The van der Waals surface area contributed by atoms with Gasteiger partial charge < -0.3 is 5.73 Å². The lowest BCUT2D eigenvalue weighted by Gasteiger charge is -2.32. The molecule has 1 unspecified atom stereocenters. The molecule has 2 N–H and O–H groups in total. The Labute approximate surface area is 128 Å². The fourth-order valence-electron chi connectivity index (χ4n) is 3.07. The molecule has 1 aliphatic carbocycles. The number of hydrogen-bond acceptors (Lipinski definition) is 3. The smallest absolute Gasteiger partial charge is 0.243 e. The summed E-state index contributed by atoms with van der Waals surface area (Å²) in [5.74, 6) is 0. The molecule has 1 aromatic carbocycles. The lowest BCUT2D eigenvalue weighted by molar-refractivity contribution is 0.261. The van der Waals surface area contributed by atoms with Gasteiger partial charge in [0.1, 0.15) is 0 Å². The fraction of sp³-hybridized carbons (Fsp3) is 0.625. The molecular formula is C16H26N2O2S. The molecule has 118 valence electrons. The maximum Gasteiger partial charge on any atom is 0.243 e. The number of nitrogens with two attached hydrogens (primary N) is 1. The standard InChI is InChI=1S/C16H26N2O2S/c1-3-18(15-7-5-4-6-8-15)21(19,20)16-11-9-14(10-12-16)13(2)17/h9-13,15H,3-8,17H2,1-2H3. The quantitative estimate of drug-likeness (QED) is 0.909. The maximum atomic E-state index is 12.8. The number of rotatable bonds is 5. The largest absolute Gasteiger partial charge is 0.324 e. The highest BCUT2D eigenvalue weighted by Crippen LogP contribution is 2.28. The highest BCUT2D eigenvalue weighted by molar-refractivity contribution is 7.89. The zero-order valence-electron chi connectivity index (χ0n) is 13.0. The summed E-state index contributed by atoms with van der Waals surface area (Å²) in [5.41, 5.74) is 6.77. The fourth-order valence-corrected chi connectivity index (χ4v) is 4.77. The Bertz CT molecular complexity index is 546. The minimum atomic E-state index is -3.40. The lowest BCUT2D eigenvalue weighted by atomic mass is 9.95. The molecule has 1 aliphatic rings. The van der Waals surface area contributed by atoms with Crippen LogP contribution < -0.4 is 5.73 Å². The van der Waals surface area contributed by atoms with Gasteiger partial charge in [0.05, 0.1) is 4.90 Å². The second kappa shape index (κ2) is 6.90. The van der Waals surface area contributed by atoms with Crippen molar-refractivity contribution in [2.24, 2.45) is 5.73 Å². The van der Waals surface area contributed by atoms with Gasteiger partial charge in [-0.25, -0.2) is 8.42 Å². The molecule has 1 saturated carbocycles. The van der Waals surface area contributed by atoms with E-state index in [1.165, 1.54) is 6.42 Å². The molecule has 0 aromatic heterocycles. The van der Waals surface area contributed by atoms with E-state index in [4.69, 9.17) is 5.73 Å². The van der Waals surface area contributed by atoms with E-state index in [-0.39, 0.29) is 12.1 Å². The molecule has 2 rings (SSSR count). The first-order chi connectivity index (χ1) is 9.96. The Morgan fingerprint density at radius 3 is 2.24 bits per heavy atom. The predicted molar refractivity (Wildman–Crippen MR) is 85.5 cm³/mol. The van der Waals surface area contributed by atoms with Gasteiger partial charge in [0, 0.05) is 18.6 Å². The van der Waals surface area contributed by atoms with Gasteiger partial charge >= 0.3 is 0 Å². The van der Waals surface area contributed by atoms with Crippen molar-refractivity contribution < 1.29 is 8.42 Å². The topological polar surface area (TPSA) is 63.4 Å². The summed E-state index contributed by atoms with van der Waals surface area (Å²) in [5, 5.41) is 0. The molecule has 1 fully saturated rings. The Kier molecular flexibility index (Phi) is 5.41. The average molecular weight is 310 g/mol. The Morgan fingerprint density at radius 2 is 1.76 bits per heavy atom. The van der Waals surface area contributed by atoms with Gasteiger partial charge in [-0.3, -0.25) is 0 Å². The van der Waals surface area contributed by atoms with Crippen LogP contribution in [0.15, 0.2) is 29.2 Å². The summed E-state index contributed by atoms with van der Waals surface area (Å²) >= 11 is 0. The van der Waals surface area contributed by atoms with E-state index in [1.54, 1.807) is 16.4 Å². The van der Waals surface area contributed by atoms with Crippen LogP contribution in [0.3, 0.4) is 0 Å². The predicted octanol–water partition coefficient (Wildman–Crippen LogP) is 3.05. The van der Waals surface area contributed by atoms with Crippen LogP contribution in [0.25, 0.3) is 0 Å². The molecule has 0 aliphatic heterocycles. The molecule has 0 heterocycles. The molecule has 0 spiro atoms. The molecular weight excluding hydrogens is 284 g/mol. The highest BCUT2D eigenvalue weighted by Gasteiger charge is 2.30. The molecule has 0 bridgehead atoms. The number of nitrogens with zero attached hydrogens (tertiary/aromatic N) is 1. The van der Waals surface area contributed by atoms with E-state index in [2.05, 4.69) is 0 Å². The summed E-state index contributed by atoms with van der Waals surface area (Å²) in [6.45, 7) is 4.34. The van der Waals surface area contributed by atoms with Crippen LogP contribution >= 0.6 is 0 Å². The van der Waals surface area contributed by atoms with Crippen LogP contribution in [0.4, 0.5) is 0 Å². The molecule has 0 saturated heterocycles. The normalized spacial score (nSPS) is 18.9. The maximum absolute atomic E-state index is 12.8. The van der Waals surface area contributed by atoms with E-state index in [9.17, 15) is 8.42 Å². The van der Waals surface area contributed by atoms with Gasteiger partial charge in [-0.1, -0.05) is 38.3 Å². The summed E-state index contributed by atoms with van der Waals surface area (Å²) in [7, 11) is -3.40. The molecule has 1 atom stereocenters. The summed E-state index contributed by atoms with van der Waals surface area (Å²) in [6.07, 6.45) is 5.42. The van der Waals surface area contributed by atoms with Crippen molar-refractivity contribution in [1.82, 2.24) is 4.31 Å². The van der Waals surface area contributed by atoms with Gasteiger partial charge in [-0.2, -0.15) is 4.31 Å². The number of hydrogen-bond donors (Lipinski definition) is 1. The lowest BCUT2D eigenvalue weighted by Crippen LogP contribution is -2.41. The van der Waals surface area contributed by atoms with Gasteiger partial charge in [0.15, 0.2) is 0 Å². The van der Waals surface area contributed by atoms with E-state index in [0.29, 0.717) is 11.4 Å². The third kappa shape index (κ3) is 3.65. The third-order valence-electron chi connectivity index (χ3n) is 4.31. The Balaban J connectivity index is 2.25. The van der Waals surface area contributed by atoms with Gasteiger partial charge in [0.2, 0.25) is 10.0 Å². The van der Waals surface area contributed by atoms with Crippen molar-refractivity contribution in [3.05, 3.63) is 29.8 Å². The van der Waals surface area contributed by atoms with Crippen molar-refractivity contribution >= 4 is 10.0 Å². The van der Waals surface area contributed by atoms with E-state index >= 15 is 0 Å². The van der Waals surface area contributed by atoms with Crippen molar-refractivity contribution in [1.29, 1.82) is 0 Å². The van der Waals surface area contributed by atoms with E-state index in [1.807, 2.05) is 26.0 Å². The molecule has 0 amide bonds. The molecule has 4 nitrogen and oxygen atoms in total. The number of sulfonamides is 1. The van der Waals surface area contributed by atoms with Crippen LogP contribution in [0, 0.1) is 0 Å². The Hall–Kier alpha value is -0.910. The first-order valence-electron chi connectivity index (χ1n) is 7.84. The zero-order chi connectivity index (χ0) is 15.5. The monoisotopic (exact) mass is 310 g/mol. The summed E-state index contributed by atoms with van der Waals surface area (Å²) < 4.78 is 27.4. The summed E-state index contributed by atoms with van der Waals surface area (Å²) in [4.78, 5) is 0.374. The van der Waals surface area contributed by atoms with Crippen LogP contribution in [0.2, 0.25) is 0 Å². The van der Waals surface area contributed by atoms with Gasteiger partial charge in [0.25, 0.3) is 0 Å². The van der Waals surface area contributed by atoms with Crippen molar-refractivity contribution in [2.75, 3.05) is 6.54 Å². The highest BCUT2D eigenvalue weighted by atomic mass is 32.2.